The predicted octanol–water partition coefficient (Wildman–Crippen LogP) is 4.81. The van der Waals surface area contributed by atoms with Crippen LogP contribution in [0.5, 0.6) is 0 Å². The molecule has 136 valence electrons. The quantitative estimate of drug-likeness (QED) is 0.598. The fraction of sp³-hybridized carbons (Fsp3) is 0.316. The van der Waals surface area contributed by atoms with Crippen LogP contribution in [0, 0.1) is 11.7 Å². The van der Waals surface area contributed by atoms with E-state index in [1.165, 1.54) is 5.56 Å². The van der Waals surface area contributed by atoms with Crippen molar-refractivity contribution in [2.24, 2.45) is 0 Å². The first-order valence-electron chi connectivity index (χ1n) is 8.59. The van der Waals surface area contributed by atoms with E-state index < -0.39 is 6.04 Å². The normalized spacial score (nSPS) is 13.3. The largest absolute Gasteiger partial charge is 0.348 e. The number of thiophene rings is 1. The van der Waals surface area contributed by atoms with Crippen LogP contribution in [0.2, 0.25) is 0 Å². The first-order chi connectivity index (χ1) is 12.5. The molecule has 0 aliphatic carbocycles. The molecule has 5 nitrogen and oxygen atoms in total. The van der Waals surface area contributed by atoms with E-state index in [0.29, 0.717) is 10.6 Å². The molecule has 26 heavy (non-hydrogen) atoms. The van der Waals surface area contributed by atoms with E-state index in [-0.39, 0.29) is 11.9 Å². The molecule has 1 aromatic carbocycles. The zero-order chi connectivity index (χ0) is 18.7. The van der Waals surface area contributed by atoms with Crippen molar-refractivity contribution >= 4 is 29.5 Å². The van der Waals surface area contributed by atoms with E-state index >= 15 is 0 Å². The number of nitrogens with one attached hydrogen (secondary N) is 2. The van der Waals surface area contributed by atoms with Crippen LogP contribution in [-0.2, 0) is 4.79 Å². The summed E-state index contributed by atoms with van der Waals surface area (Å²) in [6.07, 6.45) is 0.816. The number of aryl methyl sites for hydroxylation is 1. The highest BCUT2D eigenvalue weighted by Gasteiger charge is 2.23. The Morgan fingerprint density at radius 3 is 2.69 bits per heavy atom. The van der Waals surface area contributed by atoms with Gasteiger partial charge in [-0.3, -0.25) is 14.5 Å². The van der Waals surface area contributed by atoms with E-state index in [9.17, 15) is 4.79 Å². The van der Waals surface area contributed by atoms with E-state index in [2.05, 4.69) is 53.6 Å². The van der Waals surface area contributed by atoms with Gasteiger partial charge in [-0.1, -0.05) is 42.8 Å². The second-order valence-electron chi connectivity index (χ2n) is 6.26. The zero-order valence-electron chi connectivity index (χ0n) is 15.0. The molecule has 0 spiro atoms. The van der Waals surface area contributed by atoms with Crippen molar-refractivity contribution < 1.29 is 4.79 Å². The van der Waals surface area contributed by atoms with Crippen LogP contribution in [0.25, 0.3) is 10.7 Å². The Kier molecular flexibility index (Phi) is 5.68. The summed E-state index contributed by atoms with van der Waals surface area (Å²) in [5.74, 6) is 0.615. The molecule has 7 heteroatoms. The van der Waals surface area contributed by atoms with Crippen LogP contribution in [0.15, 0.2) is 41.8 Å². The number of aromatic nitrogens is 3. The topological polar surface area (TPSA) is 62.7 Å². The van der Waals surface area contributed by atoms with Gasteiger partial charge >= 0.3 is 0 Å². The van der Waals surface area contributed by atoms with Crippen LogP contribution in [0.1, 0.15) is 43.5 Å². The number of benzene rings is 1. The van der Waals surface area contributed by atoms with E-state index in [1.54, 1.807) is 15.9 Å². The van der Waals surface area contributed by atoms with Gasteiger partial charge in [-0.25, -0.2) is 0 Å². The molecule has 3 aromatic rings. The van der Waals surface area contributed by atoms with Crippen molar-refractivity contribution in [3.63, 3.8) is 0 Å². The van der Waals surface area contributed by atoms with Crippen molar-refractivity contribution in [3.05, 3.63) is 57.7 Å². The molecule has 0 aliphatic rings. The number of amides is 1. The lowest BCUT2D eigenvalue weighted by Gasteiger charge is -2.21. The van der Waals surface area contributed by atoms with Crippen LogP contribution in [0.4, 0.5) is 0 Å². The zero-order valence-corrected chi connectivity index (χ0v) is 16.7. The number of hydrogen-bond donors (Lipinski definition) is 2. The maximum Gasteiger partial charge on any atom is 0.243 e. The average Bonchev–Trinajstić information content (AvgIpc) is 3.29. The lowest BCUT2D eigenvalue weighted by molar-refractivity contribution is -0.124. The fourth-order valence-electron chi connectivity index (χ4n) is 2.87. The Morgan fingerprint density at radius 1 is 1.35 bits per heavy atom. The van der Waals surface area contributed by atoms with Crippen molar-refractivity contribution in [2.45, 2.75) is 39.3 Å². The van der Waals surface area contributed by atoms with Gasteiger partial charge in [-0.15, -0.1) is 11.3 Å². The number of carbonyl (C=O) groups is 1. The van der Waals surface area contributed by atoms with Gasteiger partial charge in [0.1, 0.15) is 6.04 Å². The van der Waals surface area contributed by atoms with Crippen LogP contribution < -0.4 is 5.32 Å². The molecule has 3 rings (SSSR count). The summed E-state index contributed by atoms with van der Waals surface area (Å²) in [7, 11) is 0. The van der Waals surface area contributed by atoms with Gasteiger partial charge < -0.3 is 5.32 Å². The Morgan fingerprint density at radius 2 is 2.08 bits per heavy atom. The molecule has 2 heterocycles. The maximum absolute atomic E-state index is 12.9. The minimum Gasteiger partial charge on any atom is -0.348 e. The van der Waals surface area contributed by atoms with Gasteiger partial charge in [-0.05, 0) is 49.5 Å². The van der Waals surface area contributed by atoms with Gasteiger partial charge in [0.15, 0.2) is 10.6 Å². The van der Waals surface area contributed by atoms with Crippen molar-refractivity contribution in [1.82, 2.24) is 20.1 Å². The molecule has 2 N–H and O–H groups in total. The number of nitrogens with zero attached hydrogens (tertiary/aromatic N) is 2. The van der Waals surface area contributed by atoms with Gasteiger partial charge in [0.25, 0.3) is 0 Å². The minimum absolute atomic E-state index is 0.0307. The molecule has 0 saturated carbocycles. The summed E-state index contributed by atoms with van der Waals surface area (Å²) in [4.78, 5) is 13.9. The Bertz CT molecular complexity index is 925. The summed E-state index contributed by atoms with van der Waals surface area (Å²) < 4.78 is 2.22. The molecule has 0 fully saturated rings. The second kappa shape index (κ2) is 7.97. The molecule has 2 atom stereocenters. The van der Waals surface area contributed by atoms with Crippen molar-refractivity contribution in [2.75, 3.05) is 0 Å². The smallest absolute Gasteiger partial charge is 0.243 e. The molecular formula is C19H22N4OS2. The lowest BCUT2D eigenvalue weighted by Crippen LogP contribution is -2.34. The lowest BCUT2D eigenvalue weighted by atomic mass is 10.0. The maximum atomic E-state index is 12.9. The number of rotatable bonds is 6. The minimum atomic E-state index is -0.460. The third-order valence-corrected chi connectivity index (χ3v) is 5.57. The van der Waals surface area contributed by atoms with Crippen molar-refractivity contribution in [1.29, 1.82) is 0 Å². The third-order valence-electron chi connectivity index (χ3n) is 4.42. The SMILES string of the molecule is CCC(NC(=O)C(C)n1c(-c2cccs2)n[nH]c1=S)c1ccc(C)cc1. The number of carbonyl (C=O) groups excluding carboxylic acids is 1. The van der Waals surface area contributed by atoms with Crippen LogP contribution in [0.3, 0.4) is 0 Å². The first kappa shape index (κ1) is 18.5. The van der Waals surface area contributed by atoms with Crippen LogP contribution in [-0.4, -0.2) is 20.7 Å². The number of hydrogen-bond acceptors (Lipinski definition) is 4. The van der Waals surface area contributed by atoms with Crippen LogP contribution >= 0.6 is 23.6 Å². The molecular weight excluding hydrogens is 364 g/mol. The Balaban J connectivity index is 1.83. The fourth-order valence-corrected chi connectivity index (χ4v) is 3.87. The third kappa shape index (κ3) is 3.78. The molecule has 0 bridgehead atoms. The molecule has 0 saturated heterocycles. The summed E-state index contributed by atoms with van der Waals surface area (Å²) in [5, 5.41) is 12.2. The highest BCUT2D eigenvalue weighted by Crippen LogP contribution is 2.26. The molecule has 2 unspecified atom stereocenters. The van der Waals surface area contributed by atoms with E-state index in [4.69, 9.17) is 12.2 Å². The summed E-state index contributed by atoms with van der Waals surface area (Å²) in [5.41, 5.74) is 2.31. The summed E-state index contributed by atoms with van der Waals surface area (Å²) >= 11 is 6.93. The molecule has 2 aromatic heterocycles. The Hall–Kier alpha value is -2.25. The molecule has 1 amide bonds. The van der Waals surface area contributed by atoms with Gasteiger partial charge in [0, 0.05) is 0 Å². The summed E-state index contributed by atoms with van der Waals surface area (Å²) in [6, 6.07) is 11.7. The molecule has 0 radical (unpaired) electrons. The van der Waals surface area contributed by atoms with Gasteiger partial charge in [0.2, 0.25) is 5.91 Å². The van der Waals surface area contributed by atoms with E-state index in [1.807, 2.05) is 24.4 Å². The highest BCUT2D eigenvalue weighted by molar-refractivity contribution is 7.71. The Labute approximate surface area is 162 Å². The summed E-state index contributed by atoms with van der Waals surface area (Å²) in [6.45, 7) is 5.97. The van der Waals surface area contributed by atoms with Gasteiger partial charge in [0.05, 0.1) is 10.9 Å². The average molecular weight is 387 g/mol. The number of H-pyrrole nitrogens is 1. The number of aromatic amines is 1. The standard InChI is InChI=1S/C19H22N4OS2/c1-4-15(14-9-7-12(2)8-10-14)20-18(24)13(3)23-17(21-22-19(23)25)16-6-5-11-26-16/h5-11,13,15H,4H2,1-3H3,(H,20,24)(H,22,25). The predicted molar refractivity (Wildman–Crippen MR) is 108 cm³/mol. The van der Waals surface area contributed by atoms with E-state index in [0.717, 1.165) is 16.9 Å². The second-order valence-corrected chi connectivity index (χ2v) is 7.59. The first-order valence-corrected chi connectivity index (χ1v) is 9.87. The monoisotopic (exact) mass is 386 g/mol. The molecule has 0 aliphatic heterocycles. The van der Waals surface area contributed by atoms with Gasteiger partial charge in [-0.2, -0.15) is 5.10 Å². The highest BCUT2D eigenvalue weighted by atomic mass is 32.1. The van der Waals surface area contributed by atoms with Crippen molar-refractivity contribution in [3.8, 4) is 10.7 Å².